The van der Waals surface area contributed by atoms with E-state index in [-0.39, 0.29) is 6.54 Å². The van der Waals surface area contributed by atoms with Gasteiger partial charge in [-0.2, -0.15) is 0 Å². The molecule has 0 bridgehead atoms. The van der Waals surface area contributed by atoms with Gasteiger partial charge in [0.15, 0.2) is 12.1 Å². The average molecular weight is 484 g/mol. The van der Waals surface area contributed by atoms with Gasteiger partial charge in [-0.15, -0.1) is 6.58 Å². The number of rotatable bonds is 23. The summed E-state index contributed by atoms with van der Waals surface area (Å²) in [6, 6.07) is -3.55. The topological polar surface area (TPSA) is 115 Å². The number of quaternary nitrogens is 1. The van der Waals surface area contributed by atoms with Crippen LogP contribution in [0.4, 0.5) is 0 Å². The van der Waals surface area contributed by atoms with Crippen molar-refractivity contribution in [1.82, 2.24) is 0 Å². The molecule has 7 nitrogen and oxygen atoms in total. The van der Waals surface area contributed by atoms with Crippen molar-refractivity contribution in [2.24, 2.45) is 0 Å². The first-order valence-electron chi connectivity index (χ1n) is 13.3. The Bertz CT molecular complexity index is 556. The number of unbranched alkanes of at least 4 members (excludes halogenated alkanes) is 14. The van der Waals surface area contributed by atoms with E-state index in [1.165, 1.54) is 78.6 Å². The summed E-state index contributed by atoms with van der Waals surface area (Å²) in [7, 11) is 0. The largest absolute Gasteiger partial charge is 0.544 e. The molecule has 0 radical (unpaired) electrons. The molecule has 34 heavy (non-hydrogen) atoms. The van der Waals surface area contributed by atoms with E-state index in [9.17, 15) is 29.7 Å². The molecule has 0 saturated carbocycles. The van der Waals surface area contributed by atoms with Gasteiger partial charge < -0.3 is 20.1 Å². The Kier molecular flexibility index (Phi) is 17.4. The lowest BCUT2D eigenvalue weighted by Gasteiger charge is -2.49. The second-order valence-corrected chi connectivity index (χ2v) is 9.77. The molecule has 0 rings (SSSR count). The summed E-state index contributed by atoms with van der Waals surface area (Å²) in [4.78, 5) is 35.1. The van der Waals surface area contributed by atoms with E-state index < -0.39 is 40.5 Å². The van der Waals surface area contributed by atoms with Crippen LogP contribution in [0.15, 0.2) is 12.7 Å². The molecule has 0 amide bonds. The van der Waals surface area contributed by atoms with E-state index in [4.69, 9.17) is 0 Å². The molecule has 0 aromatic rings. The summed E-state index contributed by atoms with van der Waals surface area (Å²) in [5, 5.41) is 30.8. The highest BCUT2D eigenvalue weighted by atomic mass is 16.4. The minimum atomic E-state index is -1.42. The molecule has 3 atom stereocenters. The van der Waals surface area contributed by atoms with E-state index in [2.05, 4.69) is 6.58 Å². The highest BCUT2D eigenvalue weighted by Crippen LogP contribution is 2.27. The minimum Gasteiger partial charge on any atom is -0.544 e. The molecule has 0 heterocycles. The van der Waals surface area contributed by atoms with Crippen molar-refractivity contribution in [2.75, 3.05) is 6.54 Å². The summed E-state index contributed by atoms with van der Waals surface area (Å²) in [5.74, 6) is -3.82. The molecule has 0 aromatic carbocycles. The fraction of sp³-hybridized carbons (Fsp3) is 0.815. The van der Waals surface area contributed by atoms with E-state index in [0.29, 0.717) is 6.42 Å². The molecule has 198 valence electrons. The standard InChI is InChI=1S/C27H49NO6/c1-5-6-7-8-9-10-11-12-13-14-15-16-17-18-19-20-21-28(22(2)25(29)30,23(3)26(31)32)24(4)27(33)34/h5,22-24H,1,6-21H2,2-4H3,(H2-,29,30,31,32,33,34). The van der Waals surface area contributed by atoms with Crippen molar-refractivity contribution in [3.05, 3.63) is 12.7 Å². The van der Waals surface area contributed by atoms with Crippen LogP contribution < -0.4 is 5.11 Å². The maximum absolute atomic E-state index is 11.7. The van der Waals surface area contributed by atoms with Crippen LogP contribution in [0.5, 0.6) is 0 Å². The van der Waals surface area contributed by atoms with E-state index >= 15 is 0 Å². The Labute approximate surface area is 206 Å². The first kappa shape index (κ1) is 32.1. The SMILES string of the molecule is C=CCCCCCCCCCCCCCCCC[N+](C(C)C(=O)[O-])(C(C)C(=O)O)C(C)C(=O)O. The van der Waals surface area contributed by atoms with Crippen molar-refractivity contribution < 1.29 is 34.2 Å². The molecular formula is C27H49NO6. The smallest absolute Gasteiger partial charge is 0.362 e. The quantitative estimate of drug-likeness (QED) is 0.121. The normalized spacial score (nSPS) is 15.7. The van der Waals surface area contributed by atoms with Gasteiger partial charge in [0.1, 0.15) is 6.04 Å². The van der Waals surface area contributed by atoms with Crippen molar-refractivity contribution in [3.63, 3.8) is 0 Å². The minimum absolute atomic E-state index is 0.184. The number of aliphatic carboxylic acids is 3. The molecule has 0 aromatic heterocycles. The Morgan fingerprint density at radius 2 is 1.00 bits per heavy atom. The summed E-state index contributed by atoms with van der Waals surface area (Å²) in [6.07, 6.45) is 19.4. The van der Waals surface area contributed by atoms with Crippen LogP contribution in [-0.4, -0.2) is 57.3 Å². The second kappa shape index (κ2) is 18.4. The van der Waals surface area contributed by atoms with Crippen molar-refractivity contribution in [3.8, 4) is 0 Å². The molecule has 2 N–H and O–H groups in total. The van der Waals surface area contributed by atoms with Gasteiger partial charge in [-0.25, -0.2) is 9.59 Å². The molecular weight excluding hydrogens is 434 g/mol. The zero-order chi connectivity index (χ0) is 26.0. The number of carboxylic acids is 3. The Balaban J connectivity index is 4.29. The van der Waals surface area contributed by atoms with Gasteiger partial charge in [0, 0.05) is 0 Å². The summed E-state index contributed by atoms with van der Waals surface area (Å²) >= 11 is 0. The highest BCUT2D eigenvalue weighted by Gasteiger charge is 2.50. The number of allylic oxidation sites excluding steroid dienone is 1. The maximum Gasteiger partial charge on any atom is 0.362 e. The first-order chi connectivity index (χ1) is 16.1. The molecule has 7 heteroatoms. The number of carbonyl (C=O) groups is 3. The van der Waals surface area contributed by atoms with Crippen LogP contribution >= 0.6 is 0 Å². The zero-order valence-electron chi connectivity index (χ0n) is 21.8. The Morgan fingerprint density at radius 3 is 1.29 bits per heavy atom. The van der Waals surface area contributed by atoms with Gasteiger partial charge in [0.25, 0.3) is 0 Å². The zero-order valence-corrected chi connectivity index (χ0v) is 21.8. The fourth-order valence-electron chi connectivity index (χ4n) is 4.99. The number of carboxylic acid groups (broad SMARTS) is 3. The predicted molar refractivity (Wildman–Crippen MR) is 133 cm³/mol. The van der Waals surface area contributed by atoms with Gasteiger partial charge >= 0.3 is 11.9 Å². The molecule has 0 aliphatic carbocycles. The third-order valence-electron chi connectivity index (χ3n) is 7.42. The molecule has 0 saturated heterocycles. The summed E-state index contributed by atoms with van der Waals surface area (Å²) in [5.41, 5.74) is 0. The first-order valence-corrected chi connectivity index (χ1v) is 13.3. The van der Waals surface area contributed by atoms with E-state index in [0.717, 1.165) is 32.1 Å². The number of carbonyl (C=O) groups excluding carboxylic acids is 1. The van der Waals surface area contributed by atoms with Crippen LogP contribution in [-0.2, 0) is 14.4 Å². The van der Waals surface area contributed by atoms with E-state index in [1.807, 2.05) is 6.08 Å². The average Bonchev–Trinajstić information content (AvgIpc) is 2.80. The van der Waals surface area contributed by atoms with Gasteiger partial charge in [0.05, 0.1) is 12.5 Å². The van der Waals surface area contributed by atoms with Crippen LogP contribution in [0.3, 0.4) is 0 Å². The Morgan fingerprint density at radius 1 is 0.676 bits per heavy atom. The summed E-state index contributed by atoms with van der Waals surface area (Å²) < 4.78 is -0.540. The van der Waals surface area contributed by atoms with Crippen molar-refractivity contribution in [1.29, 1.82) is 0 Å². The van der Waals surface area contributed by atoms with Crippen molar-refractivity contribution in [2.45, 2.75) is 135 Å². The van der Waals surface area contributed by atoms with Gasteiger partial charge in [-0.1, -0.05) is 76.7 Å². The number of hydrogen-bond donors (Lipinski definition) is 2. The lowest BCUT2D eigenvalue weighted by atomic mass is 9.99. The number of hydrogen-bond acceptors (Lipinski definition) is 4. The number of nitrogens with zero attached hydrogens (tertiary/aromatic N) is 1. The highest BCUT2D eigenvalue weighted by molar-refractivity contribution is 5.76. The van der Waals surface area contributed by atoms with Crippen LogP contribution in [0, 0.1) is 0 Å². The van der Waals surface area contributed by atoms with Gasteiger partial charge in [-0.05, 0) is 46.5 Å². The van der Waals surface area contributed by atoms with Crippen LogP contribution in [0.1, 0.15) is 117 Å². The predicted octanol–water partition coefficient (Wildman–Crippen LogP) is 4.93. The molecule has 0 fully saturated rings. The molecule has 3 unspecified atom stereocenters. The van der Waals surface area contributed by atoms with Crippen molar-refractivity contribution >= 4 is 17.9 Å². The lowest BCUT2D eigenvalue weighted by molar-refractivity contribution is -0.969. The lowest BCUT2D eigenvalue weighted by Crippen LogP contribution is -2.72. The van der Waals surface area contributed by atoms with Gasteiger partial charge in [-0.3, -0.25) is 4.48 Å². The monoisotopic (exact) mass is 483 g/mol. The van der Waals surface area contributed by atoms with Crippen LogP contribution in [0.25, 0.3) is 0 Å². The molecule has 0 spiro atoms. The van der Waals surface area contributed by atoms with Gasteiger partial charge in [0.2, 0.25) is 0 Å². The second-order valence-electron chi connectivity index (χ2n) is 9.77. The molecule has 0 aliphatic rings. The summed E-state index contributed by atoms with van der Waals surface area (Å²) in [6.45, 7) is 8.08. The molecule has 0 aliphatic heterocycles. The van der Waals surface area contributed by atoms with Crippen LogP contribution in [0.2, 0.25) is 0 Å². The van der Waals surface area contributed by atoms with E-state index in [1.54, 1.807) is 0 Å². The third kappa shape index (κ3) is 11.5. The fourth-order valence-corrected chi connectivity index (χ4v) is 4.99. The Hall–Kier alpha value is -1.89. The third-order valence-corrected chi connectivity index (χ3v) is 7.42. The maximum atomic E-state index is 11.7.